The Kier molecular flexibility index (Phi) is 5.16. The van der Waals surface area contributed by atoms with E-state index in [1.807, 2.05) is 30.3 Å². The van der Waals surface area contributed by atoms with Crippen molar-refractivity contribution in [3.05, 3.63) is 146 Å². The first-order valence-corrected chi connectivity index (χ1v) is 14.4. The van der Waals surface area contributed by atoms with Crippen molar-refractivity contribution in [2.24, 2.45) is 0 Å². The van der Waals surface area contributed by atoms with E-state index in [1.54, 1.807) is 6.20 Å². The van der Waals surface area contributed by atoms with Gasteiger partial charge in [-0.25, -0.2) is 15.0 Å². The normalized spacial score (nSPS) is 11.7. The second-order valence-electron chi connectivity index (χ2n) is 11.0. The Labute approximate surface area is 247 Å². The first-order valence-electron chi connectivity index (χ1n) is 14.4. The van der Waals surface area contributed by atoms with Crippen LogP contribution in [0.2, 0.25) is 0 Å². The third kappa shape index (κ3) is 3.81. The van der Waals surface area contributed by atoms with Gasteiger partial charge < -0.3 is 4.57 Å². The summed E-state index contributed by atoms with van der Waals surface area (Å²) in [6.45, 7) is 0. The van der Waals surface area contributed by atoms with Crippen LogP contribution in [-0.2, 0) is 0 Å². The second-order valence-corrected chi connectivity index (χ2v) is 11.0. The molecule has 9 rings (SSSR count). The summed E-state index contributed by atoms with van der Waals surface area (Å²) in [6.07, 6.45) is 1.78. The van der Waals surface area contributed by atoms with Crippen LogP contribution in [-0.4, -0.2) is 19.5 Å². The number of fused-ring (bicyclic) bond motifs is 6. The number of hydrogen-bond acceptors (Lipinski definition) is 3. The highest BCUT2D eigenvalue weighted by molar-refractivity contribution is 6.13. The van der Waals surface area contributed by atoms with Gasteiger partial charge in [-0.2, -0.15) is 0 Å². The molecule has 0 atom stereocenters. The Morgan fingerprint density at radius 1 is 0.442 bits per heavy atom. The maximum atomic E-state index is 5.04. The van der Waals surface area contributed by atoms with Gasteiger partial charge in [0.2, 0.25) is 0 Å². The molecular weight excluding hydrogens is 524 g/mol. The summed E-state index contributed by atoms with van der Waals surface area (Å²) in [5.41, 5.74) is 7.15. The van der Waals surface area contributed by atoms with Gasteiger partial charge in [0, 0.05) is 39.2 Å². The molecule has 0 aliphatic rings. The minimum absolute atomic E-state index is 0.672. The Bertz CT molecular complexity index is 2510. The zero-order valence-electron chi connectivity index (χ0n) is 23.1. The SMILES string of the molecule is c1ccc(-c2nc(-c3ccc4cc(-n5c6ccccc6c6cc7ccccc7cc65)ccc4c3)nc3ncccc23)cc1. The van der Waals surface area contributed by atoms with Crippen molar-refractivity contribution >= 4 is 54.4 Å². The summed E-state index contributed by atoms with van der Waals surface area (Å²) in [4.78, 5) is 14.5. The fourth-order valence-corrected chi connectivity index (χ4v) is 6.35. The largest absolute Gasteiger partial charge is 0.309 e. The zero-order chi connectivity index (χ0) is 28.3. The van der Waals surface area contributed by atoms with Crippen LogP contribution in [0.3, 0.4) is 0 Å². The molecule has 3 heterocycles. The third-order valence-corrected chi connectivity index (χ3v) is 8.40. The molecule has 0 saturated carbocycles. The monoisotopic (exact) mass is 548 g/mol. The molecular formula is C39H24N4. The van der Waals surface area contributed by atoms with Gasteiger partial charge in [-0.05, 0) is 70.1 Å². The number of pyridine rings is 1. The van der Waals surface area contributed by atoms with Gasteiger partial charge in [0.25, 0.3) is 0 Å². The molecule has 6 aromatic carbocycles. The van der Waals surface area contributed by atoms with Gasteiger partial charge in [-0.15, -0.1) is 0 Å². The molecule has 0 unspecified atom stereocenters. The van der Waals surface area contributed by atoms with Gasteiger partial charge in [0.1, 0.15) is 0 Å². The van der Waals surface area contributed by atoms with E-state index in [1.165, 1.54) is 32.6 Å². The van der Waals surface area contributed by atoms with Crippen molar-refractivity contribution in [3.8, 4) is 28.3 Å². The quantitative estimate of drug-likeness (QED) is 0.221. The lowest BCUT2D eigenvalue weighted by Gasteiger charge is -2.11. The Balaban J connectivity index is 1.21. The molecule has 0 bridgehead atoms. The van der Waals surface area contributed by atoms with Crippen molar-refractivity contribution in [2.75, 3.05) is 0 Å². The second kappa shape index (κ2) is 9.33. The van der Waals surface area contributed by atoms with Crippen LogP contribution < -0.4 is 0 Å². The van der Waals surface area contributed by atoms with Crippen LogP contribution in [0.15, 0.2) is 146 Å². The highest BCUT2D eigenvalue weighted by atomic mass is 15.0. The summed E-state index contributed by atoms with van der Waals surface area (Å²) in [7, 11) is 0. The predicted molar refractivity (Wildman–Crippen MR) is 178 cm³/mol. The van der Waals surface area contributed by atoms with Crippen LogP contribution in [0.4, 0.5) is 0 Å². The van der Waals surface area contributed by atoms with Gasteiger partial charge in [0.15, 0.2) is 11.5 Å². The molecule has 43 heavy (non-hydrogen) atoms. The molecule has 3 aromatic heterocycles. The molecule has 0 saturated heterocycles. The average molecular weight is 549 g/mol. The Morgan fingerprint density at radius 3 is 2.07 bits per heavy atom. The number of aromatic nitrogens is 4. The molecule has 0 spiro atoms. The fraction of sp³-hybridized carbons (Fsp3) is 0. The molecule has 0 aliphatic heterocycles. The molecule has 0 N–H and O–H groups in total. The van der Waals surface area contributed by atoms with E-state index >= 15 is 0 Å². The Morgan fingerprint density at radius 2 is 1.16 bits per heavy atom. The number of nitrogens with zero attached hydrogens (tertiary/aromatic N) is 4. The molecule has 200 valence electrons. The minimum Gasteiger partial charge on any atom is -0.309 e. The lowest BCUT2D eigenvalue weighted by Crippen LogP contribution is -1.97. The number of para-hydroxylation sites is 1. The standard InChI is InChI=1S/C39H24N4/c1-2-9-25(10-3-1)37-33-14-8-20-40-39(33)42-38(41-37)30-17-16-29-22-31(19-18-28(29)21-30)43-35-15-7-6-13-32(35)34-23-26-11-4-5-12-27(26)24-36(34)43/h1-24H. The van der Waals surface area contributed by atoms with E-state index in [2.05, 4.69) is 119 Å². The smallest absolute Gasteiger partial charge is 0.163 e. The summed E-state index contributed by atoms with van der Waals surface area (Å²) in [5.74, 6) is 0.672. The van der Waals surface area contributed by atoms with Crippen LogP contribution in [0, 0.1) is 0 Å². The number of benzene rings is 6. The predicted octanol–water partition coefficient (Wildman–Crippen LogP) is 9.76. The van der Waals surface area contributed by atoms with Crippen LogP contribution >= 0.6 is 0 Å². The molecule has 4 nitrogen and oxygen atoms in total. The summed E-state index contributed by atoms with van der Waals surface area (Å²) in [6, 6.07) is 49.3. The fourth-order valence-electron chi connectivity index (χ4n) is 6.35. The van der Waals surface area contributed by atoms with Crippen LogP contribution in [0.25, 0.3) is 82.7 Å². The van der Waals surface area contributed by atoms with E-state index in [0.717, 1.165) is 38.7 Å². The van der Waals surface area contributed by atoms with Crippen molar-refractivity contribution < 1.29 is 0 Å². The average Bonchev–Trinajstić information content (AvgIpc) is 3.39. The van der Waals surface area contributed by atoms with Crippen LogP contribution in [0.5, 0.6) is 0 Å². The van der Waals surface area contributed by atoms with E-state index in [0.29, 0.717) is 11.5 Å². The van der Waals surface area contributed by atoms with Gasteiger partial charge in [-0.3, -0.25) is 0 Å². The molecule has 0 radical (unpaired) electrons. The summed E-state index contributed by atoms with van der Waals surface area (Å²) in [5, 5.41) is 8.26. The van der Waals surface area contributed by atoms with Crippen LogP contribution in [0.1, 0.15) is 0 Å². The van der Waals surface area contributed by atoms with E-state index in [4.69, 9.17) is 9.97 Å². The van der Waals surface area contributed by atoms with E-state index in [-0.39, 0.29) is 0 Å². The number of rotatable bonds is 3. The Hall–Kier alpha value is -5.87. The zero-order valence-corrected chi connectivity index (χ0v) is 23.1. The van der Waals surface area contributed by atoms with Crippen molar-refractivity contribution in [1.82, 2.24) is 19.5 Å². The minimum atomic E-state index is 0.672. The first-order chi connectivity index (χ1) is 21.3. The maximum Gasteiger partial charge on any atom is 0.163 e. The van der Waals surface area contributed by atoms with Gasteiger partial charge in [-0.1, -0.05) is 91.0 Å². The lowest BCUT2D eigenvalue weighted by molar-refractivity contribution is 1.19. The van der Waals surface area contributed by atoms with E-state index in [9.17, 15) is 0 Å². The number of hydrogen-bond donors (Lipinski definition) is 0. The molecule has 0 aliphatic carbocycles. The topological polar surface area (TPSA) is 43.6 Å². The maximum absolute atomic E-state index is 5.04. The van der Waals surface area contributed by atoms with Gasteiger partial charge in [0.05, 0.1) is 16.7 Å². The van der Waals surface area contributed by atoms with Crippen molar-refractivity contribution in [2.45, 2.75) is 0 Å². The molecule has 0 fully saturated rings. The molecule has 0 amide bonds. The molecule has 4 heteroatoms. The molecule has 9 aromatic rings. The highest BCUT2D eigenvalue weighted by Gasteiger charge is 2.15. The highest BCUT2D eigenvalue weighted by Crippen LogP contribution is 2.36. The third-order valence-electron chi connectivity index (χ3n) is 8.40. The van der Waals surface area contributed by atoms with Crippen molar-refractivity contribution in [3.63, 3.8) is 0 Å². The van der Waals surface area contributed by atoms with E-state index < -0.39 is 0 Å². The van der Waals surface area contributed by atoms with Gasteiger partial charge >= 0.3 is 0 Å². The summed E-state index contributed by atoms with van der Waals surface area (Å²) < 4.78 is 2.38. The summed E-state index contributed by atoms with van der Waals surface area (Å²) >= 11 is 0. The van der Waals surface area contributed by atoms with Crippen molar-refractivity contribution in [1.29, 1.82) is 0 Å². The first kappa shape index (κ1) is 23.8. The lowest BCUT2D eigenvalue weighted by atomic mass is 10.0.